The molecular weight excluding hydrogens is 444 g/mol. The molecular formula is C28H36N2O5. The van der Waals surface area contributed by atoms with Crippen LogP contribution in [0.25, 0.3) is 11.1 Å². The summed E-state index contributed by atoms with van der Waals surface area (Å²) in [6, 6.07) is 15.9. The summed E-state index contributed by atoms with van der Waals surface area (Å²) >= 11 is 0. The Morgan fingerprint density at radius 1 is 0.971 bits per heavy atom. The molecule has 1 aliphatic carbocycles. The van der Waals surface area contributed by atoms with E-state index in [1.54, 1.807) is 0 Å². The van der Waals surface area contributed by atoms with Crippen LogP contribution in [0.3, 0.4) is 0 Å². The SMILES string of the molecule is CC(CCNC(=O)CC(NC(=O)OCC1c2ccccc2-c2ccccc21)C(C)(C)C)CC(=O)O. The van der Waals surface area contributed by atoms with Crippen LogP contribution in [0, 0.1) is 11.3 Å². The molecule has 0 aliphatic heterocycles. The number of carbonyl (C=O) groups excluding carboxylic acids is 2. The second-order valence-electron chi connectivity index (χ2n) is 10.4. The van der Waals surface area contributed by atoms with E-state index in [9.17, 15) is 14.4 Å². The van der Waals surface area contributed by atoms with Crippen LogP contribution in [-0.2, 0) is 14.3 Å². The van der Waals surface area contributed by atoms with Gasteiger partial charge in [0.2, 0.25) is 5.91 Å². The first-order chi connectivity index (χ1) is 16.6. The molecule has 2 aromatic carbocycles. The van der Waals surface area contributed by atoms with Crippen molar-refractivity contribution in [2.75, 3.05) is 13.2 Å². The van der Waals surface area contributed by atoms with Crippen LogP contribution < -0.4 is 10.6 Å². The number of carbonyl (C=O) groups is 3. The zero-order valence-electron chi connectivity index (χ0n) is 21.0. The molecule has 2 atom stereocenters. The Kier molecular flexibility index (Phi) is 8.54. The highest BCUT2D eigenvalue weighted by atomic mass is 16.5. The zero-order chi connectivity index (χ0) is 25.6. The zero-order valence-corrected chi connectivity index (χ0v) is 21.0. The van der Waals surface area contributed by atoms with Crippen molar-refractivity contribution in [2.24, 2.45) is 11.3 Å². The average molecular weight is 481 g/mol. The summed E-state index contributed by atoms with van der Waals surface area (Å²) in [6.45, 7) is 8.34. The Labute approximate surface area is 207 Å². The summed E-state index contributed by atoms with van der Waals surface area (Å²) in [5, 5.41) is 14.6. The Morgan fingerprint density at radius 3 is 2.09 bits per heavy atom. The summed E-state index contributed by atoms with van der Waals surface area (Å²) in [5.41, 5.74) is 4.26. The van der Waals surface area contributed by atoms with Crippen molar-refractivity contribution in [3.63, 3.8) is 0 Å². The number of ether oxygens (including phenoxy) is 1. The molecule has 1 aliphatic rings. The van der Waals surface area contributed by atoms with E-state index >= 15 is 0 Å². The molecule has 0 spiro atoms. The molecule has 35 heavy (non-hydrogen) atoms. The minimum Gasteiger partial charge on any atom is -0.481 e. The van der Waals surface area contributed by atoms with Gasteiger partial charge in [-0.2, -0.15) is 0 Å². The molecule has 0 saturated heterocycles. The highest BCUT2D eigenvalue weighted by Crippen LogP contribution is 2.44. The van der Waals surface area contributed by atoms with Gasteiger partial charge in [0.15, 0.2) is 0 Å². The van der Waals surface area contributed by atoms with Crippen molar-refractivity contribution in [2.45, 2.75) is 58.9 Å². The first-order valence-electron chi connectivity index (χ1n) is 12.2. The molecule has 0 bridgehead atoms. The van der Waals surface area contributed by atoms with Crippen LogP contribution in [0.15, 0.2) is 48.5 Å². The number of hydrogen-bond acceptors (Lipinski definition) is 4. The topological polar surface area (TPSA) is 105 Å². The molecule has 0 fully saturated rings. The van der Waals surface area contributed by atoms with Gasteiger partial charge in [-0.15, -0.1) is 0 Å². The molecule has 3 N–H and O–H groups in total. The quantitative estimate of drug-likeness (QED) is 0.446. The number of fused-ring (bicyclic) bond motifs is 3. The van der Waals surface area contributed by atoms with E-state index in [-0.39, 0.29) is 42.6 Å². The average Bonchev–Trinajstić information content (AvgIpc) is 3.10. The molecule has 3 rings (SSSR count). The van der Waals surface area contributed by atoms with Gasteiger partial charge in [-0.25, -0.2) is 4.79 Å². The maximum Gasteiger partial charge on any atom is 0.407 e. The van der Waals surface area contributed by atoms with Crippen LogP contribution in [0.5, 0.6) is 0 Å². The van der Waals surface area contributed by atoms with Crippen LogP contribution in [0.4, 0.5) is 4.79 Å². The van der Waals surface area contributed by atoms with E-state index in [1.807, 2.05) is 52.0 Å². The third-order valence-electron chi connectivity index (χ3n) is 6.55. The lowest BCUT2D eigenvalue weighted by atomic mass is 9.84. The van der Waals surface area contributed by atoms with Crippen molar-refractivity contribution >= 4 is 18.0 Å². The van der Waals surface area contributed by atoms with Crippen LogP contribution >= 0.6 is 0 Å². The van der Waals surface area contributed by atoms with Gasteiger partial charge in [-0.05, 0) is 40.0 Å². The highest BCUT2D eigenvalue weighted by molar-refractivity contribution is 5.79. The number of nitrogens with one attached hydrogen (secondary N) is 2. The number of amides is 2. The van der Waals surface area contributed by atoms with Gasteiger partial charge in [0.05, 0.1) is 0 Å². The number of aliphatic carboxylic acids is 1. The standard InChI is InChI=1S/C28H36N2O5/c1-18(15-26(32)33)13-14-29-25(31)16-24(28(2,3)4)30-27(34)35-17-23-21-11-7-5-9-19(21)20-10-6-8-12-22(20)23/h5-12,18,23-24H,13-17H2,1-4H3,(H,29,31)(H,30,34)(H,32,33). The molecule has 2 amide bonds. The second kappa shape index (κ2) is 11.4. The largest absolute Gasteiger partial charge is 0.481 e. The summed E-state index contributed by atoms with van der Waals surface area (Å²) in [4.78, 5) is 36.0. The van der Waals surface area contributed by atoms with E-state index in [1.165, 1.54) is 11.1 Å². The number of rotatable bonds is 10. The number of alkyl carbamates (subject to hydrolysis) is 1. The van der Waals surface area contributed by atoms with Crippen LogP contribution in [-0.4, -0.2) is 42.3 Å². The summed E-state index contributed by atoms with van der Waals surface area (Å²) in [5.74, 6) is -1.09. The first-order valence-corrected chi connectivity index (χ1v) is 12.2. The molecule has 0 heterocycles. The number of benzene rings is 2. The number of hydrogen-bond donors (Lipinski definition) is 3. The third-order valence-corrected chi connectivity index (χ3v) is 6.55. The number of carboxylic acid groups (broad SMARTS) is 1. The van der Waals surface area contributed by atoms with E-state index < -0.39 is 18.1 Å². The maximum atomic E-state index is 12.7. The predicted molar refractivity (Wildman–Crippen MR) is 135 cm³/mol. The lowest BCUT2D eigenvalue weighted by molar-refractivity contribution is -0.138. The monoisotopic (exact) mass is 480 g/mol. The number of carboxylic acids is 1. The Morgan fingerprint density at radius 2 is 1.54 bits per heavy atom. The van der Waals surface area contributed by atoms with E-state index in [2.05, 4.69) is 34.9 Å². The van der Waals surface area contributed by atoms with E-state index in [4.69, 9.17) is 9.84 Å². The molecule has 0 radical (unpaired) electrons. The molecule has 0 saturated carbocycles. The highest BCUT2D eigenvalue weighted by Gasteiger charge is 2.31. The van der Waals surface area contributed by atoms with Crippen LogP contribution in [0.1, 0.15) is 64.0 Å². The minimum atomic E-state index is -0.844. The second-order valence-corrected chi connectivity index (χ2v) is 10.4. The van der Waals surface area contributed by atoms with Crippen molar-refractivity contribution in [1.82, 2.24) is 10.6 Å². The van der Waals surface area contributed by atoms with E-state index in [0.717, 1.165) is 11.1 Å². The lowest BCUT2D eigenvalue weighted by Crippen LogP contribution is -2.47. The Bertz CT molecular complexity index is 1010. The van der Waals surface area contributed by atoms with Gasteiger partial charge >= 0.3 is 12.1 Å². The lowest BCUT2D eigenvalue weighted by Gasteiger charge is -2.31. The Hall–Kier alpha value is -3.35. The van der Waals surface area contributed by atoms with E-state index in [0.29, 0.717) is 13.0 Å². The smallest absolute Gasteiger partial charge is 0.407 e. The summed E-state index contributed by atoms with van der Waals surface area (Å²) < 4.78 is 5.66. The molecule has 7 nitrogen and oxygen atoms in total. The van der Waals surface area contributed by atoms with Crippen molar-refractivity contribution in [3.05, 3.63) is 59.7 Å². The third kappa shape index (κ3) is 7.07. The minimum absolute atomic E-state index is 0.0230. The van der Waals surface area contributed by atoms with Gasteiger partial charge in [0.1, 0.15) is 6.61 Å². The normalized spacial score (nSPS) is 14.4. The van der Waals surface area contributed by atoms with Gasteiger partial charge in [-0.1, -0.05) is 76.2 Å². The fourth-order valence-electron chi connectivity index (χ4n) is 4.47. The van der Waals surface area contributed by atoms with Gasteiger partial charge in [0, 0.05) is 31.3 Å². The molecule has 2 unspecified atom stereocenters. The fourth-order valence-corrected chi connectivity index (χ4v) is 4.47. The first kappa shape index (κ1) is 26.3. The maximum absolute atomic E-state index is 12.7. The van der Waals surface area contributed by atoms with Crippen molar-refractivity contribution in [3.8, 4) is 11.1 Å². The molecule has 7 heteroatoms. The summed E-state index contributed by atoms with van der Waals surface area (Å²) in [7, 11) is 0. The van der Waals surface area contributed by atoms with Gasteiger partial charge < -0.3 is 20.5 Å². The van der Waals surface area contributed by atoms with Gasteiger partial charge in [-0.3, -0.25) is 9.59 Å². The Balaban J connectivity index is 1.55. The van der Waals surface area contributed by atoms with Crippen LogP contribution in [0.2, 0.25) is 0 Å². The molecule has 188 valence electrons. The van der Waals surface area contributed by atoms with Crippen molar-refractivity contribution < 1.29 is 24.2 Å². The summed E-state index contributed by atoms with van der Waals surface area (Å²) in [6.07, 6.45) is 0.220. The van der Waals surface area contributed by atoms with Crippen molar-refractivity contribution in [1.29, 1.82) is 0 Å². The van der Waals surface area contributed by atoms with Gasteiger partial charge in [0.25, 0.3) is 0 Å². The fraction of sp³-hybridized carbons (Fsp3) is 0.464. The molecule has 2 aromatic rings. The molecule has 0 aromatic heterocycles. The predicted octanol–water partition coefficient (Wildman–Crippen LogP) is 4.95.